The Bertz CT molecular complexity index is 588. The van der Waals surface area contributed by atoms with Crippen LogP contribution in [0.15, 0.2) is 16.6 Å². The summed E-state index contributed by atoms with van der Waals surface area (Å²) in [5, 5.41) is 5.96. The number of aliphatic imine (C=N–C) groups is 1. The van der Waals surface area contributed by atoms with E-state index in [9.17, 15) is 4.79 Å². The van der Waals surface area contributed by atoms with Gasteiger partial charge in [-0.25, -0.2) is 9.78 Å². The minimum Gasteiger partial charge on any atom is -0.450 e. The molecule has 1 saturated carbocycles. The monoisotopic (exact) mass is 494 g/mol. The number of alkyl carbamates (subject to hydrolysis) is 1. The van der Waals surface area contributed by atoms with Gasteiger partial charge < -0.3 is 25.6 Å². The molecule has 2 aliphatic rings. The Balaban J connectivity index is 0.00000243. The van der Waals surface area contributed by atoms with E-state index in [4.69, 9.17) is 10.5 Å². The van der Waals surface area contributed by atoms with Gasteiger partial charge in [0.15, 0.2) is 11.1 Å². The summed E-state index contributed by atoms with van der Waals surface area (Å²) in [5.74, 6) is 1.04. The summed E-state index contributed by atoms with van der Waals surface area (Å²) < 4.78 is 4.97. The molecule has 1 aliphatic heterocycles. The first kappa shape index (κ1) is 21.0. The molecule has 3 N–H and O–H groups in total. The van der Waals surface area contributed by atoms with E-state index >= 15 is 0 Å². The summed E-state index contributed by atoms with van der Waals surface area (Å²) in [4.78, 5) is 24.9. The molecule has 10 heteroatoms. The number of nitrogens with zero attached hydrogens (tertiary/aromatic N) is 4. The van der Waals surface area contributed by atoms with Crippen molar-refractivity contribution in [1.82, 2.24) is 15.2 Å². The van der Waals surface area contributed by atoms with Gasteiger partial charge in [-0.1, -0.05) is 0 Å². The van der Waals surface area contributed by atoms with Crippen molar-refractivity contribution in [3.8, 4) is 0 Å². The minimum atomic E-state index is -0.370. The highest BCUT2D eigenvalue weighted by atomic mass is 127. The highest BCUT2D eigenvalue weighted by Crippen LogP contribution is 2.32. The largest absolute Gasteiger partial charge is 0.450 e. The number of rotatable bonds is 6. The molecule has 1 aromatic rings. The van der Waals surface area contributed by atoms with Crippen molar-refractivity contribution in [2.75, 3.05) is 44.2 Å². The Labute approximate surface area is 175 Å². The Hall–Kier alpha value is -1.30. The maximum atomic E-state index is 11.6. The van der Waals surface area contributed by atoms with Crippen molar-refractivity contribution in [3.05, 3.63) is 11.6 Å². The van der Waals surface area contributed by atoms with Gasteiger partial charge in [0.2, 0.25) is 0 Å². The lowest BCUT2D eigenvalue weighted by atomic mass is 10.2. The molecule has 1 aromatic heterocycles. The van der Waals surface area contributed by atoms with Crippen molar-refractivity contribution in [2.24, 2.45) is 16.6 Å². The highest BCUT2D eigenvalue weighted by Gasteiger charge is 2.32. The average molecular weight is 494 g/mol. The number of thiazole rings is 1. The Kier molecular flexibility index (Phi) is 8.19. The van der Waals surface area contributed by atoms with Crippen LogP contribution in [0.5, 0.6) is 0 Å². The predicted octanol–water partition coefficient (Wildman–Crippen LogP) is 1.72. The number of amides is 1. The van der Waals surface area contributed by atoms with Gasteiger partial charge in [0.25, 0.3) is 0 Å². The fraction of sp³-hybridized carbons (Fsp3) is 0.688. The van der Waals surface area contributed by atoms with E-state index in [0.29, 0.717) is 25.0 Å². The number of anilines is 1. The van der Waals surface area contributed by atoms with Crippen LogP contribution in [-0.4, -0.2) is 67.3 Å². The van der Waals surface area contributed by atoms with E-state index in [2.05, 4.69) is 25.1 Å². The molecular weight excluding hydrogens is 467 g/mol. The first-order chi connectivity index (χ1) is 12.2. The number of nitrogens with two attached hydrogens (primary N) is 1. The normalized spacial score (nSPS) is 18.9. The molecule has 0 bridgehead atoms. The number of carbonyl (C=O) groups excluding carboxylic acids is 1. The van der Waals surface area contributed by atoms with Gasteiger partial charge >= 0.3 is 6.09 Å². The van der Waals surface area contributed by atoms with E-state index in [0.717, 1.165) is 44.2 Å². The predicted molar refractivity (Wildman–Crippen MR) is 114 cm³/mol. The molecule has 3 rings (SSSR count). The quantitative estimate of drug-likeness (QED) is 0.355. The van der Waals surface area contributed by atoms with Crippen LogP contribution in [0.4, 0.5) is 9.93 Å². The lowest BCUT2D eigenvalue weighted by molar-refractivity contribution is 0.147. The van der Waals surface area contributed by atoms with E-state index < -0.39 is 0 Å². The van der Waals surface area contributed by atoms with Crippen LogP contribution in [0, 0.1) is 5.92 Å². The van der Waals surface area contributed by atoms with Gasteiger partial charge in [0.1, 0.15) is 0 Å². The van der Waals surface area contributed by atoms with Gasteiger partial charge in [-0.2, -0.15) is 0 Å². The third kappa shape index (κ3) is 5.86. The van der Waals surface area contributed by atoms with Crippen molar-refractivity contribution in [1.29, 1.82) is 0 Å². The maximum Gasteiger partial charge on any atom is 0.407 e. The molecule has 26 heavy (non-hydrogen) atoms. The molecule has 1 saturated heterocycles. The number of guanidine groups is 1. The molecule has 0 aromatic carbocycles. The molecule has 1 aliphatic carbocycles. The van der Waals surface area contributed by atoms with E-state index in [1.165, 1.54) is 0 Å². The molecule has 1 unspecified atom stereocenters. The smallest absolute Gasteiger partial charge is 0.407 e. The van der Waals surface area contributed by atoms with Gasteiger partial charge in [-0.15, -0.1) is 35.3 Å². The van der Waals surface area contributed by atoms with Crippen LogP contribution in [0.3, 0.4) is 0 Å². The van der Waals surface area contributed by atoms with E-state index in [1.807, 2.05) is 11.6 Å². The minimum absolute atomic E-state index is 0. The molecule has 2 heterocycles. The number of hydrogen-bond donors (Lipinski definition) is 2. The van der Waals surface area contributed by atoms with Crippen LogP contribution >= 0.6 is 35.3 Å². The standard InChI is InChI=1S/C16H26N6O2S.HI/c1-2-24-16(23)20-13(12-3-4-12)11-19-14(17)21-6-8-22(9-7-21)15-18-5-10-25-15;/h5,10,12-13H,2-4,6-9,11H2,1H3,(H2,17,19)(H,20,23);1H. The molecule has 0 radical (unpaired) electrons. The second-order valence-electron chi connectivity index (χ2n) is 6.30. The number of ether oxygens (including phenoxy) is 1. The first-order valence-electron chi connectivity index (χ1n) is 8.80. The highest BCUT2D eigenvalue weighted by molar-refractivity contribution is 14.0. The number of aromatic nitrogens is 1. The molecule has 2 fully saturated rings. The molecule has 0 spiro atoms. The first-order valence-corrected chi connectivity index (χ1v) is 9.68. The zero-order valence-corrected chi connectivity index (χ0v) is 18.1. The van der Waals surface area contributed by atoms with Crippen LogP contribution in [-0.2, 0) is 4.74 Å². The van der Waals surface area contributed by atoms with Crippen molar-refractivity contribution in [2.45, 2.75) is 25.8 Å². The summed E-state index contributed by atoms with van der Waals surface area (Å²) in [5.41, 5.74) is 6.17. The van der Waals surface area contributed by atoms with Gasteiger partial charge in [-0.3, -0.25) is 4.99 Å². The second-order valence-corrected chi connectivity index (χ2v) is 7.17. The fourth-order valence-corrected chi connectivity index (χ4v) is 3.62. The van der Waals surface area contributed by atoms with Crippen LogP contribution in [0.1, 0.15) is 19.8 Å². The lowest BCUT2D eigenvalue weighted by Crippen LogP contribution is -2.51. The average Bonchev–Trinajstić information content (AvgIpc) is 3.32. The van der Waals surface area contributed by atoms with E-state index in [1.54, 1.807) is 18.3 Å². The lowest BCUT2D eigenvalue weighted by Gasteiger charge is -2.35. The summed E-state index contributed by atoms with van der Waals surface area (Å²) in [6.07, 6.45) is 3.71. The molecule has 1 amide bonds. The zero-order chi connectivity index (χ0) is 17.6. The third-order valence-electron chi connectivity index (χ3n) is 4.51. The Morgan fingerprint density at radius 2 is 2.19 bits per heavy atom. The van der Waals surface area contributed by atoms with Gasteiger partial charge in [-0.05, 0) is 25.7 Å². The summed E-state index contributed by atoms with van der Waals surface area (Å²) in [6.45, 7) is 6.10. The van der Waals surface area contributed by atoms with Gasteiger partial charge in [0, 0.05) is 37.8 Å². The number of piperazine rings is 1. The Morgan fingerprint density at radius 1 is 1.46 bits per heavy atom. The van der Waals surface area contributed by atoms with Crippen LogP contribution in [0.2, 0.25) is 0 Å². The summed E-state index contributed by atoms with van der Waals surface area (Å²) in [7, 11) is 0. The summed E-state index contributed by atoms with van der Waals surface area (Å²) >= 11 is 1.66. The third-order valence-corrected chi connectivity index (χ3v) is 5.35. The molecule has 146 valence electrons. The zero-order valence-electron chi connectivity index (χ0n) is 15.0. The number of hydrogen-bond acceptors (Lipinski definition) is 6. The fourth-order valence-electron chi connectivity index (χ4n) is 2.93. The van der Waals surface area contributed by atoms with E-state index in [-0.39, 0.29) is 36.1 Å². The Morgan fingerprint density at radius 3 is 2.77 bits per heavy atom. The molecule has 8 nitrogen and oxygen atoms in total. The maximum absolute atomic E-state index is 11.6. The molecule has 1 atom stereocenters. The van der Waals surface area contributed by atoms with Crippen LogP contribution < -0.4 is 16.0 Å². The van der Waals surface area contributed by atoms with Crippen molar-refractivity contribution in [3.63, 3.8) is 0 Å². The number of halogens is 1. The van der Waals surface area contributed by atoms with Gasteiger partial charge in [0.05, 0.1) is 19.2 Å². The van der Waals surface area contributed by atoms with Crippen LogP contribution in [0.25, 0.3) is 0 Å². The van der Waals surface area contributed by atoms with Crippen molar-refractivity contribution >= 4 is 52.5 Å². The molecular formula is C16H27IN6O2S. The number of nitrogens with one attached hydrogen (secondary N) is 1. The SMILES string of the molecule is CCOC(=O)NC(CN=C(N)N1CCN(c2nccs2)CC1)C1CC1.I. The number of carbonyl (C=O) groups is 1. The summed E-state index contributed by atoms with van der Waals surface area (Å²) in [6, 6.07) is 0.00853. The second kappa shape index (κ2) is 10.1. The van der Waals surface area contributed by atoms with Crippen molar-refractivity contribution < 1.29 is 9.53 Å². The topological polar surface area (TPSA) is 96.1 Å².